The minimum atomic E-state index is 0.126. The Morgan fingerprint density at radius 3 is 2.62 bits per heavy atom. The van der Waals surface area contributed by atoms with E-state index < -0.39 is 0 Å². The lowest BCUT2D eigenvalue weighted by Gasteiger charge is -2.20. The van der Waals surface area contributed by atoms with Crippen LogP contribution in [0.2, 0.25) is 0 Å². The largest absolute Gasteiger partial charge is 0.306 e. The van der Waals surface area contributed by atoms with Gasteiger partial charge in [-0.1, -0.05) is 13.8 Å². The Balaban J connectivity index is 2.68. The predicted molar refractivity (Wildman–Crippen MR) is 67.3 cm³/mol. The molecule has 1 N–H and O–H groups in total. The first-order valence-corrected chi connectivity index (χ1v) is 5.99. The summed E-state index contributed by atoms with van der Waals surface area (Å²) < 4.78 is 0. The minimum absolute atomic E-state index is 0.126. The molecule has 0 amide bonds. The summed E-state index contributed by atoms with van der Waals surface area (Å²) in [5, 5.41) is 3.43. The van der Waals surface area contributed by atoms with E-state index in [1.807, 2.05) is 12.3 Å². The fourth-order valence-corrected chi connectivity index (χ4v) is 1.29. The zero-order chi connectivity index (χ0) is 12.2. The molecule has 0 aliphatic heterocycles. The minimum Gasteiger partial charge on any atom is -0.306 e. The van der Waals surface area contributed by atoms with E-state index in [9.17, 15) is 0 Å². The van der Waals surface area contributed by atoms with Crippen LogP contribution >= 0.6 is 0 Å². The summed E-state index contributed by atoms with van der Waals surface area (Å²) in [6, 6.07) is 1.98. The third-order valence-corrected chi connectivity index (χ3v) is 2.58. The van der Waals surface area contributed by atoms with E-state index in [0.29, 0.717) is 5.92 Å². The summed E-state index contributed by atoms with van der Waals surface area (Å²) in [5.74, 6) is 1.39. The summed E-state index contributed by atoms with van der Waals surface area (Å²) >= 11 is 0. The zero-order valence-corrected chi connectivity index (χ0v) is 11.0. The second-order valence-electron chi connectivity index (χ2n) is 5.32. The first-order valence-electron chi connectivity index (χ1n) is 5.99. The van der Waals surface area contributed by atoms with Gasteiger partial charge in [-0.2, -0.15) is 0 Å². The first kappa shape index (κ1) is 13.1. The molecule has 1 aromatic heterocycles. The molecule has 0 saturated heterocycles. The normalized spacial score (nSPS) is 13.8. The fraction of sp³-hybridized carbons (Fsp3) is 0.692. The van der Waals surface area contributed by atoms with Crippen LogP contribution < -0.4 is 5.32 Å². The SMILES string of the molecule is CCC(C)c1nccc(CNC(C)(C)C)n1. The highest BCUT2D eigenvalue weighted by atomic mass is 15.0. The molecule has 0 saturated carbocycles. The molecule has 0 bridgehead atoms. The monoisotopic (exact) mass is 221 g/mol. The number of aromatic nitrogens is 2. The van der Waals surface area contributed by atoms with Crippen LogP contribution in [-0.4, -0.2) is 15.5 Å². The number of nitrogens with zero attached hydrogens (tertiary/aromatic N) is 2. The predicted octanol–water partition coefficient (Wildman–Crippen LogP) is 2.88. The van der Waals surface area contributed by atoms with Crippen LogP contribution in [0.25, 0.3) is 0 Å². The van der Waals surface area contributed by atoms with Crippen LogP contribution in [0.15, 0.2) is 12.3 Å². The molecule has 16 heavy (non-hydrogen) atoms. The third-order valence-electron chi connectivity index (χ3n) is 2.58. The van der Waals surface area contributed by atoms with Crippen LogP contribution in [-0.2, 0) is 6.54 Å². The summed E-state index contributed by atoms with van der Waals surface area (Å²) in [4.78, 5) is 8.89. The van der Waals surface area contributed by atoms with Gasteiger partial charge in [0.2, 0.25) is 0 Å². The van der Waals surface area contributed by atoms with Gasteiger partial charge >= 0.3 is 0 Å². The molecule has 1 heterocycles. The lowest BCUT2D eigenvalue weighted by Crippen LogP contribution is -2.35. The Hall–Kier alpha value is -0.960. The van der Waals surface area contributed by atoms with E-state index >= 15 is 0 Å². The Bertz CT molecular complexity index is 328. The zero-order valence-electron chi connectivity index (χ0n) is 11.0. The molecule has 3 heteroatoms. The number of rotatable bonds is 4. The molecule has 1 rings (SSSR count). The van der Waals surface area contributed by atoms with E-state index in [0.717, 1.165) is 24.5 Å². The van der Waals surface area contributed by atoms with Crippen molar-refractivity contribution in [3.05, 3.63) is 23.8 Å². The molecule has 1 unspecified atom stereocenters. The molecule has 0 aromatic carbocycles. The second kappa shape index (κ2) is 5.39. The topological polar surface area (TPSA) is 37.8 Å². The molecular formula is C13H23N3. The molecule has 3 nitrogen and oxygen atoms in total. The number of hydrogen-bond donors (Lipinski definition) is 1. The van der Waals surface area contributed by atoms with Crippen LogP contribution in [0.3, 0.4) is 0 Å². The molecule has 0 fully saturated rings. The second-order valence-corrected chi connectivity index (χ2v) is 5.32. The first-order chi connectivity index (χ1) is 7.42. The van der Waals surface area contributed by atoms with E-state index in [1.165, 1.54) is 0 Å². The maximum absolute atomic E-state index is 4.57. The van der Waals surface area contributed by atoms with Crippen molar-refractivity contribution in [3.8, 4) is 0 Å². The quantitative estimate of drug-likeness (QED) is 0.849. The molecule has 1 atom stereocenters. The summed E-state index contributed by atoms with van der Waals surface area (Å²) in [6.07, 6.45) is 2.93. The average Bonchev–Trinajstić information content (AvgIpc) is 2.25. The van der Waals surface area contributed by atoms with E-state index in [4.69, 9.17) is 0 Å². The van der Waals surface area contributed by atoms with Crippen molar-refractivity contribution in [1.82, 2.24) is 15.3 Å². The Kier molecular flexibility index (Phi) is 4.42. The Morgan fingerprint density at radius 2 is 2.06 bits per heavy atom. The molecule has 0 aliphatic rings. The highest BCUT2D eigenvalue weighted by Crippen LogP contribution is 2.13. The molecule has 0 spiro atoms. The smallest absolute Gasteiger partial charge is 0.131 e. The van der Waals surface area contributed by atoms with Gasteiger partial charge in [0.25, 0.3) is 0 Å². The third kappa shape index (κ3) is 4.27. The van der Waals surface area contributed by atoms with Crippen molar-refractivity contribution >= 4 is 0 Å². The van der Waals surface area contributed by atoms with Gasteiger partial charge in [0.1, 0.15) is 5.82 Å². The molecule has 1 aromatic rings. The lowest BCUT2D eigenvalue weighted by molar-refractivity contribution is 0.420. The van der Waals surface area contributed by atoms with Crippen LogP contribution in [0.5, 0.6) is 0 Å². The van der Waals surface area contributed by atoms with Crippen molar-refractivity contribution in [2.24, 2.45) is 0 Å². The fourth-order valence-electron chi connectivity index (χ4n) is 1.29. The van der Waals surface area contributed by atoms with Gasteiger partial charge < -0.3 is 5.32 Å². The van der Waals surface area contributed by atoms with Crippen molar-refractivity contribution in [2.75, 3.05) is 0 Å². The van der Waals surface area contributed by atoms with E-state index in [2.05, 4.69) is 49.9 Å². The lowest BCUT2D eigenvalue weighted by atomic mass is 10.1. The summed E-state index contributed by atoms with van der Waals surface area (Å²) in [5.41, 5.74) is 1.20. The molecule has 0 aliphatic carbocycles. The van der Waals surface area contributed by atoms with Gasteiger partial charge in [0.05, 0.1) is 5.69 Å². The molecular weight excluding hydrogens is 198 g/mol. The van der Waals surface area contributed by atoms with Crippen molar-refractivity contribution in [3.63, 3.8) is 0 Å². The van der Waals surface area contributed by atoms with Crippen molar-refractivity contribution in [2.45, 2.75) is 59.0 Å². The molecule has 0 radical (unpaired) electrons. The van der Waals surface area contributed by atoms with Gasteiger partial charge in [-0.3, -0.25) is 0 Å². The number of nitrogens with one attached hydrogen (secondary N) is 1. The van der Waals surface area contributed by atoms with E-state index in [1.54, 1.807) is 0 Å². The Morgan fingerprint density at radius 1 is 1.38 bits per heavy atom. The van der Waals surface area contributed by atoms with Gasteiger partial charge in [0, 0.05) is 24.2 Å². The summed E-state index contributed by atoms with van der Waals surface area (Å²) in [6.45, 7) is 11.6. The van der Waals surface area contributed by atoms with Crippen LogP contribution in [0, 0.1) is 0 Å². The average molecular weight is 221 g/mol. The maximum Gasteiger partial charge on any atom is 0.131 e. The highest BCUT2D eigenvalue weighted by molar-refractivity contribution is 5.05. The van der Waals surface area contributed by atoms with Crippen LogP contribution in [0.4, 0.5) is 0 Å². The Labute approximate surface area is 98.7 Å². The van der Waals surface area contributed by atoms with Gasteiger partial charge in [-0.15, -0.1) is 0 Å². The van der Waals surface area contributed by atoms with Gasteiger partial charge in [0.15, 0.2) is 0 Å². The van der Waals surface area contributed by atoms with Crippen molar-refractivity contribution < 1.29 is 0 Å². The van der Waals surface area contributed by atoms with E-state index in [-0.39, 0.29) is 5.54 Å². The number of hydrogen-bond acceptors (Lipinski definition) is 3. The molecule has 90 valence electrons. The highest BCUT2D eigenvalue weighted by Gasteiger charge is 2.10. The van der Waals surface area contributed by atoms with Crippen molar-refractivity contribution in [1.29, 1.82) is 0 Å². The summed E-state index contributed by atoms with van der Waals surface area (Å²) in [7, 11) is 0. The maximum atomic E-state index is 4.57. The van der Waals surface area contributed by atoms with Gasteiger partial charge in [-0.25, -0.2) is 9.97 Å². The van der Waals surface area contributed by atoms with Crippen LogP contribution in [0.1, 0.15) is 58.5 Å². The standard InChI is InChI=1S/C13H23N3/c1-6-10(2)12-14-8-7-11(16-12)9-15-13(3,4)5/h7-8,10,15H,6,9H2,1-5H3. The van der Waals surface area contributed by atoms with Gasteiger partial charge in [-0.05, 0) is 33.3 Å².